The molecule has 1 atom stereocenters. The number of nitrogens with one attached hydrogen (secondary N) is 1. The second kappa shape index (κ2) is 5.63. The van der Waals surface area contributed by atoms with Crippen LogP contribution >= 0.6 is 0 Å². The molecule has 0 spiro atoms. The van der Waals surface area contributed by atoms with E-state index >= 15 is 0 Å². The molecule has 6 heteroatoms. The Morgan fingerprint density at radius 1 is 1.29 bits per heavy atom. The quantitative estimate of drug-likeness (QED) is 0.827. The molecule has 0 aromatic heterocycles. The minimum Gasteiger partial charge on any atom is -0.481 e. The van der Waals surface area contributed by atoms with E-state index < -0.39 is 23.2 Å². The average molecular weight is 293 g/mol. The van der Waals surface area contributed by atoms with Crippen LogP contribution in [-0.4, -0.2) is 23.8 Å². The number of hydrogen-bond donors (Lipinski definition) is 2. The van der Waals surface area contributed by atoms with Crippen molar-refractivity contribution in [3.63, 3.8) is 0 Å². The zero-order valence-electron chi connectivity index (χ0n) is 12.3. The first-order valence-corrected chi connectivity index (χ1v) is 6.68. The van der Waals surface area contributed by atoms with Gasteiger partial charge in [0, 0.05) is 6.54 Å². The molecule has 0 aliphatic carbocycles. The number of carboxylic acids is 1. The molecule has 0 bridgehead atoms. The summed E-state index contributed by atoms with van der Waals surface area (Å²) >= 11 is 0. The highest BCUT2D eigenvalue weighted by atomic mass is 16.7. The van der Waals surface area contributed by atoms with Crippen LogP contribution in [0.5, 0.6) is 11.5 Å². The number of carboxylic acid groups (broad SMARTS) is 1. The van der Waals surface area contributed by atoms with Gasteiger partial charge in [-0.1, -0.05) is 26.8 Å². The van der Waals surface area contributed by atoms with Crippen molar-refractivity contribution in [2.75, 3.05) is 6.79 Å². The van der Waals surface area contributed by atoms with Crippen molar-refractivity contribution in [1.82, 2.24) is 5.32 Å². The van der Waals surface area contributed by atoms with E-state index in [0.717, 1.165) is 5.56 Å². The zero-order chi connectivity index (χ0) is 15.6. The second-order valence-corrected chi connectivity index (χ2v) is 6.04. The Morgan fingerprint density at radius 3 is 2.57 bits per heavy atom. The summed E-state index contributed by atoms with van der Waals surface area (Å²) in [4.78, 5) is 23.3. The van der Waals surface area contributed by atoms with Gasteiger partial charge in [0.25, 0.3) is 0 Å². The van der Waals surface area contributed by atoms with E-state index in [-0.39, 0.29) is 13.3 Å². The van der Waals surface area contributed by atoms with Gasteiger partial charge >= 0.3 is 5.97 Å². The molecule has 1 aliphatic rings. The molecule has 0 saturated heterocycles. The number of benzene rings is 1. The Morgan fingerprint density at radius 2 is 1.95 bits per heavy atom. The van der Waals surface area contributed by atoms with Crippen LogP contribution in [0.3, 0.4) is 0 Å². The fourth-order valence-corrected chi connectivity index (χ4v) is 2.22. The van der Waals surface area contributed by atoms with E-state index in [1.165, 1.54) is 0 Å². The molecule has 1 aliphatic heterocycles. The third kappa shape index (κ3) is 3.45. The maximum atomic E-state index is 12.1. The van der Waals surface area contributed by atoms with Crippen LogP contribution < -0.4 is 14.8 Å². The topological polar surface area (TPSA) is 84.9 Å². The number of fused-ring (bicyclic) bond motifs is 1. The number of amides is 1. The largest absolute Gasteiger partial charge is 0.481 e. The summed E-state index contributed by atoms with van der Waals surface area (Å²) in [6, 6.07) is 5.35. The zero-order valence-corrected chi connectivity index (χ0v) is 12.3. The molecule has 2 N–H and O–H groups in total. The summed E-state index contributed by atoms with van der Waals surface area (Å²) in [5, 5.41) is 11.9. The Kier molecular flexibility index (Phi) is 4.06. The maximum absolute atomic E-state index is 12.1. The van der Waals surface area contributed by atoms with Gasteiger partial charge in [0.15, 0.2) is 11.5 Å². The van der Waals surface area contributed by atoms with Crippen molar-refractivity contribution in [1.29, 1.82) is 0 Å². The molecule has 1 heterocycles. The Labute approximate surface area is 123 Å². The predicted molar refractivity (Wildman–Crippen MR) is 75.0 cm³/mol. The number of carbonyl (C=O) groups excluding carboxylic acids is 1. The van der Waals surface area contributed by atoms with Crippen LogP contribution in [-0.2, 0) is 16.1 Å². The first-order valence-electron chi connectivity index (χ1n) is 6.68. The number of carbonyl (C=O) groups is 2. The van der Waals surface area contributed by atoms with Crippen LogP contribution in [0.1, 0.15) is 26.3 Å². The molecule has 2 rings (SSSR count). The monoisotopic (exact) mass is 293 g/mol. The smallest absolute Gasteiger partial charge is 0.316 e. The van der Waals surface area contributed by atoms with E-state index in [2.05, 4.69) is 5.32 Å². The molecule has 21 heavy (non-hydrogen) atoms. The Bertz CT molecular complexity index is 562. The summed E-state index contributed by atoms with van der Waals surface area (Å²) in [6.45, 7) is 5.62. The van der Waals surface area contributed by atoms with Crippen LogP contribution in [0.25, 0.3) is 0 Å². The molecule has 1 aromatic carbocycles. The second-order valence-electron chi connectivity index (χ2n) is 6.04. The molecular weight excluding hydrogens is 274 g/mol. The van der Waals surface area contributed by atoms with E-state index in [1.54, 1.807) is 39.0 Å². The SMILES string of the molecule is CC(C)(C)C(C(=O)O)C(=O)NCc1ccc2c(c1)OCO2. The van der Waals surface area contributed by atoms with Crippen molar-refractivity contribution in [3.05, 3.63) is 23.8 Å². The summed E-state index contributed by atoms with van der Waals surface area (Å²) in [5.41, 5.74) is 0.177. The van der Waals surface area contributed by atoms with E-state index in [1.807, 2.05) is 0 Å². The normalized spacial score (nSPS) is 14.6. The molecule has 114 valence electrons. The van der Waals surface area contributed by atoms with Gasteiger partial charge in [0.1, 0.15) is 5.92 Å². The number of rotatable bonds is 4. The van der Waals surface area contributed by atoms with Crippen molar-refractivity contribution < 1.29 is 24.2 Å². The van der Waals surface area contributed by atoms with E-state index in [4.69, 9.17) is 9.47 Å². The van der Waals surface area contributed by atoms with Crippen molar-refractivity contribution >= 4 is 11.9 Å². The van der Waals surface area contributed by atoms with Gasteiger partial charge in [-0.05, 0) is 23.1 Å². The van der Waals surface area contributed by atoms with Crippen LogP contribution in [0, 0.1) is 11.3 Å². The van der Waals surface area contributed by atoms with Gasteiger partial charge in [-0.3, -0.25) is 9.59 Å². The molecule has 0 fully saturated rings. The summed E-state index contributed by atoms with van der Waals surface area (Å²) in [5.74, 6) is -1.40. The third-order valence-electron chi connectivity index (χ3n) is 3.28. The molecule has 1 aromatic rings. The van der Waals surface area contributed by atoms with E-state index in [9.17, 15) is 14.7 Å². The highest BCUT2D eigenvalue weighted by molar-refractivity contribution is 5.97. The van der Waals surface area contributed by atoms with Crippen LogP contribution in [0.4, 0.5) is 0 Å². The summed E-state index contributed by atoms with van der Waals surface area (Å²) < 4.78 is 10.5. The highest BCUT2D eigenvalue weighted by Gasteiger charge is 2.37. The van der Waals surface area contributed by atoms with Crippen LogP contribution in [0.15, 0.2) is 18.2 Å². The maximum Gasteiger partial charge on any atom is 0.316 e. The Balaban J connectivity index is 2.02. The minimum absolute atomic E-state index is 0.191. The lowest BCUT2D eigenvalue weighted by molar-refractivity contribution is -0.151. The van der Waals surface area contributed by atoms with Gasteiger partial charge in [0.05, 0.1) is 0 Å². The lowest BCUT2D eigenvalue weighted by Gasteiger charge is -2.25. The highest BCUT2D eigenvalue weighted by Crippen LogP contribution is 2.32. The molecule has 1 unspecified atom stereocenters. The molecule has 0 saturated carbocycles. The van der Waals surface area contributed by atoms with Crippen molar-refractivity contribution in [2.45, 2.75) is 27.3 Å². The van der Waals surface area contributed by atoms with Gasteiger partial charge in [0.2, 0.25) is 12.7 Å². The fraction of sp³-hybridized carbons (Fsp3) is 0.467. The van der Waals surface area contributed by atoms with Crippen molar-refractivity contribution in [2.24, 2.45) is 11.3 Å². The lowest BCUT2D eigenvalue weighted by atomic mass is 9.80. The van der Waals surface area contributed by atoms with Gasteiger partial charge in [-0.2, -0.15) is 0 Å². The molecule has 1 amide bonds. The lowest BCUT2D eigenvalue weighted by Crippen LogP contribution is -2.42. The Hall–Kier alpha value is -2.24. The standard InChI is InChI=1S/C15H19NO5/c1-15(2,3)12(14(18)19)13(17)16-7-9-4-5-10-11(6-9)21-8-20-10/h4-6,12H,7-8H2,1-3H3,(H,16,17)(H,18,19). The molecule has 6 nitrogen and oxygen atoms in total. The first kappa shape index (κ1) is 15.2. The summed E-state index contributed by atoms with van der Waals surface area (Å²) in [6.07, 6.45) is 0. The van der Waals surface area contributed by atoms with Gasteiger partial charge in [-0.15, -0.1) is 0 Å². The third-order valence-corrected chi connectivity index (χ3v) is 3.28. The average Bonchev–Trinajstić information content (AvgIpc) is 2.81. The predicted octanol–water partition coefficient (Wildman–Crippen LogP) is 1.78. The number of hydrogen-bond acceptors (Lipinski definition) is 4. The fourth-order valence-electron chi connectivity index (χ4n) is 2.22. The van der Waals surface area contributed by atoms with Crippen molar-refractivity contribution in [3.8, 4) is 11.5 Å². The number of ether oxygens (including phenoxy) is 2. The molecular formula is C15H19NO5. The molecule has 0 radical (unpaired) electrons. The van der Waals surface area contributed by atoms with Crippen LogP contribution in [0.2, 0.25) is 0 Å². The minimum atomic E-state index is -1.12. The number of aliphatic carboxylic acids is 1. The first-order chi connectivity index (χ1) is 9.79. The van der Waals surface area contributed by atoms with E-state index in [0.29, 0.717) is 11.5 Å². The summed E-state index contributed by atoms with van der Waals surface area (Å²) in [7, 11) is 0. The van der Waals surface area contributed by atoms with Gasteiger partial charge < -0.3 is 19.9 Å². The van der Waals surface area contributed by atoms with Gasteiger partial charge in [-0.25, -0.2) is 0 Å².